The summed E-state index contributed by atoms with van der Waals surface area (Å²) in [7, 11) is -3.56. The first-order valence-corrected chi connectivity index (χ1v) is 6.53. The Morgan fingerprint density at radius 1 is 1.41 bits per heavy atom. The van der Waals surface area contributed by atoms with E-state index in [0.717, 1.165) is 0 Å². The zero-order valence-corrected chi connectivity index (χ0v) is 10.3. The number of rotatable bonds is 4. The second-order valence-electron chi connectivity index (χ2n) is 3.16. The Hall–Kier alpha value is -1.69. The van der Waals surface area contributed by atoms with Crippen LogP contribution in [0.1, 0.15) is 11.1 Å². The molecule has 17 heavy (non-hydrogen) atoms. The number of hydrogen-bond donors (Lipinski definition) is 3. The van der Waals surface area contributed by atoms with Crippen LogP contribution in [-0.4, -0.2) is 13.5 Å². The van der Waals surface area contributed by atoms with Crippen molar-refractivity contribution in [2.24, 2.45) is 5.73 Å². The topological polar surface area (TPSA) is 108 Å². The predicted octanol–water partition coefficient (Wildman–Crippen LogP) is -0.274. The molecule has 6 nitrogen and oxygen atoms in total. The molecule has 1 rings (SSSR count). The van der Waals surface area contributed by atoms with E-state index in [0.29, 0.717) is 11.1 Å². The fraction of sp³-hybridized carbons (Fsp3) is 0.111. The van der Waals surface area contributed by atoms with Gasteiger partial charge in [0.1, 0.15) is 0 Å². The van der Waals surface area contributed by atoms with Gasteiger partial charge >= 0.3 is 0 Å². The van der Waals surface area contributed by atoms with Crippen LogP contribution < -0.4 is 16.0 Å². The molecular weight excluding hydrogens is 260 g/mol. The summed E-state index contributed by atoms with van der Waals surface area (Å²) < 4.78 is 23.0. The lowest BCUT2D eigenvalue weighted by Gasteiger charge is -2.07. The van der Waals surface area contributed by atoms with Gasteiger partial charge in [-0.15, -0.1) is 4.83 Å². The fourth-order valence-corrected chi connectivity index (χ4v) is 2.14. The van der Waals surface area contributed by atoms with Crippen LogP contribution in [-0.2, 0) is 15.8 Å². The van der Waals surface area contributed by atoms with Gasteiger partial charge in [0, 0.05) is 0 Å². The molecule has 1 aromatic rings. The van der Waals surface area contributed by atoms with E-state index in [1.165, 1.54) is 0 Å². The van der Waals surface area contributed by atoms with Gasteiger partial charge in [0.05, 0.1) is 17.4 Å². The minimum atomic E-state index is -3.56. The van der Waals surface area contributed by atoms with Crippen molar-refractivity contribution in [2.75, 3.05) is 0 Å². The Balaban J connectivity index is 2.70. The zero-order valence-electron chi connectivity index (χ0n) is 8.67. The largest absolute Gasteiger partial charge is 0.375 e. The van der Waals surface area contributed by atoms with Gasteiger partial charge in [-0.2, -0.15) is 5.26 Å². The van der Waals surface area contributed by atoms with Crippen molar-refractivity contribution < 1.29 is 8.42 Å². The molecule has 0 heterocycles. The maximum absolute atomic E-state index is 11.5. The number of hydrazine groups is 1. The third kappa shape index (κ3) is 4.78. The van der Waals surface area contributed by atoms with E-state index in [4.69, 9.17) is 11.0 Å². The SMILES string of the molecule is N#Cc1ccc(CS(=O)(=O)NNC(N)=S)cc1. The monoisotopic (exact) mass is 270 g/mol. The number of nitrogens with two attached hydrogens (primary N) is 1. The number of thiocarbonyl (C=S) groups is 1. The molecule has 0 aromatic heterocycles. The highest BCUT2D eigenvalue weighted by molar-refractivity contribution is 7.88. The number of nitriles is 1. The molecule has 0 spiro atoms. The van der Waals surface area contributed by atoms with Gasteiger partial charge in [-0.05, 0) is 29.9 Å². The Morgan fingerprint density at radius 3 is 2.47 bits per heavy atom. The van der Waals surface area contributed by atoms with Gasteiger partial charge in [0.25, 0.3) is 0 Å². The Kier molecular flexibility index (Phi) is 4.39. The van der Waals surface area contributed by atoms with E-state index in [1.54, 1.807) is 24.3 Å². The summed E-state index contributed by atoms with van der Waals surface area (Å²) in [6.45, 7) is 0. The first-order valence-electron chi connectivity index (χ1n) is 4.47. The lowest BCUT2D eigenvalue weighted by atomic mass is 10.2. The highest BCUT2D eigenvalue weighted by Gasteiger charge is 2.10. The second kappa shape index (κ2) is 5.58. The molecule has 0 fully saturated rings. The minimum Gasteiger partial charge on any atom is -0.375 e. The van der Waals surface area contributed by atoms with Gasteiger partial charge in [-0.3, -0.25) is 5.43 Å². The van der Waals surface area contributed by atoms with Gasteiger partial charge in [0.2, 0.25) is 10.0 Å². The average Bonchev–Trinajstić information content (AvgIpc) is 2.27. The molecule has 0 radical (unpaired) electrons. The molecule has 1 aromatic carbocycles. The summed E-state index contributed by atoms with van der Waals surface area (Å²) in [5, 5.41) is 8.43. The predicted molar refractivity (Wildman–Crippen MR) is 66.8 cm³/mol. The number of nitrogens with one attached hydrogen (secondary N) is 2. The molecular formula is C9H10N4O2S2. The number of hydrogen-bond acceptors (Lipinski definition) is 4. The van der Waals surface area contributed by atoms with Crippen molar-refractivity contribution in [2.45, 2.75) is 5.75 Å². The van der Waals surface area contributed by atoms with E-state index >= 15 is 0 Å². The Morgan fingerprint density at radius 2 is 2.00 bits per heavy atom. The number of sulfonamides is 1. The summed E-state index contributed by atoms with van der Waals surface area (Å²) in [5.74, 6) is -0.228. The Labute approximate surface area is 104 Å². The van der Waals surface area contributed by atoms with Crippen LogP contribution in [0.5, 0.6) is 0 Å². The highest BCUT2D eigenvalue weighted by Crippen LogP contribution is 2.06. The van der Waals surface area contributed by atoms with Crippen molar-refractivity contribution in [3.8, 4) is 6.07 Å². The molecule has 0 amide bonds. The van der Waals surface area contributed by atoms with E-state index < -0.39 is 10.0 Å². The molecule has 0 saturated carbocycles. The summed E-state index contributed by atoms with van der Waals surface area (Å²) in [6, 6.07) is 8.18. The van der Waals surface area contributed by atoms with E-state index in [2.05, 4.69) is 17.6 Å². The standard InChI is InChI=1S/C9H10N4O2S2/c10-5-7-1-3-8(4-2-7)6-17(14,15)13-12-9(11)16/h1-4,13H,6H2,(H3,11,12,16). The first kappa shape index (κ1) is 13.4. The molecule has 4 N–H and O–H groups in total. The second-order valence-corrected chi connectivity index (χ2v) is 5.32. The van der Waals surface area contributed by atoms with Crippen LogP contribution >= 0.6 is 12.2 Å². The molecule has 0 unspecified atom stereocenters. The lowest BCUT2D eigenvalue weighted by molar-refractivity contribution is 0.576. The fourth-order valence-electron chi connectivity index (χ4n) is 1.06. The normalized spacial score (nSPS) is 10.5. The average molecular weight is 270 g/mol. The highest BCUT2D eigenvalue weighted by atomic mass is 32.2. The van der Waals surface area contributed by atoms with Gasteiger partial charge < -0.3 is 5.73 Å². The van der Waals surface area contributed by atoms with E-state index in [9.17, 15) is 8.42 Å². The quantitative estimate of drug-likeness (QED) is 0.513. The van der Waals surface area contributed by atoms with Crippen LogP contribution in [0, 0.1) is 11.3 Å². The maximum Gasteiger partial charge on any atom is 0.232 e. The smallest absolute Gasteiger partial charge is 0.232 e. The summed E-state index contributed by atoms with van der Waals surface area (Å²) in [5.41, 5.74) is 8.27. The summed E-state index contributed by atoms with van der Waals surface area (Å²) >= 11 is 4.46. The number of nitrogens with zero attached hydrogens (tertiary/aromatic N) is 1. The van der Waals surface area contributed by atoms with Gasteiger partial charge in [0.15, 0.2) is 5.11 Å². The van der Waals surface area contributed by atoms with Crippen LogP contribution in [0.2, 0.25) is 0 Å². The molecule has 0 aliphatic rings. The minimum absolute atomic E-state index is 0.159. The molecule has 0 saturated heterocycles. The van der Waals surface area contributed by atoms with Crippen molar-refractivity contribution in [1.82, 2.24) is 10.3 Å². The van der Waals surface area contributed by atoms with Crippen molar-refractivity contribution in [1.29, 1.82) is 5.26 Å². The van der Waals surface area contributed by atoms with Crippen molar-refractivity contribution >= 4 is 27.4 Å². The van der Waals surface area contributed by atoms with Crippen molar-refractivity contribution in [3.05, 3.63) is 35.4 Å². The zero-order chi connectivity index (χ0) is 12.9. The Bertz CT molecular complexity index is 545. The molecule has 90 valence electrons. The van der Waals surface area contributed by atoms with Crippen molar-refractivity contribution in [3.63, 3.8) is 0 Å². The van der Waals surface area contributed by atoms with Gasteiger partial charge in [-0.1, -0.05) is 12.1 Å². The summed E-state index contributed by atoms with van der Waals surface area (Å²) in [6.07, 6.45) is 0. The van der Waals surface area contributed by atoms with Crippen LogP contribution in [0.15, 0.2) is 24.3 Å². The molecule has 8 heteroatoms. The van der Waals surface area contributed by atoms with Crippen LogP contribution in [0.25, 0.3) is 0 Å². The molecule has 0 aliphatic heterocycles. The summed E-state index contributed by atoms with van der Waals surface area (Å²) in [4.78, 5) is 2.03. The van der Waals surface area contributed by atoms with Gasteiger partial charge in [-0.25, -0.2) is 8.42 Å². The van der Waals surface area contributed by atoms with E-state index in [-0.39, 0.29) is 10.9 Å². The molecule has 0 atom stereocenters. The first-order chi connectivity index (χ1) is 7.93. The number of benzene rings is 1. The third-order valence-corrected chi connectivity index (χ3v) is 3.00. The molecule has 0 bridgehead atoms. The van der Waals surface area contributed by atoms with E-state index in [1.807, 2.05) is 10.9 Å². The maximum atomic E-state index is 11.5. The lowest BCUT2D eigenvalue weighted by Crippen LogP contribution is -2.44. The van der Waals surface area contributed by atoms with Crippen LogP contribution in [0.4, 0.5) is 0 Å². The molecule has 0 aliphatic carbocycles. The third-order valence-electron chi connectivity index (χ3n) is 1.77. The van der Waals surface area contributed by atoms with Crippen LogP contribution in [0.3, 0.4) is 0 Å².